The van der Waals surface area contributed by atoms with Crippen molar-refractivity contribution in [3.05, 3.63) is 29.8 Å². The van der Waals surface area contributed by atoms with Gasteiger partial charge < -0.3 is 15.2 Å². The Balaban J connectivity index is 1.87. The summed E-state index contributed by atoms with van der Waals surface area (Å²) < 4.78 is 5.36. The number of carboxylic acids is 1. The van der Waals surface area contributed by atoms with Crippen molar-refractivity contribution in [2.75, 3.05) is 13.2 Å². The van der Waals surface area contributed by atoms with Gasteiger partial charge >= 0.3 is 5.97 Å². The van der Waals surface area contributed by atoms with E-state index in [-0.39, 0.29) is 18.4 Å². The molecule has 120 valence electrons. The van der Waals surface area contributed by atoms with Crippen LogP contribution in [0.5, 0.6) is 5.75 Å². The first-order valence-electron chi connectivity index (χ1n) is 7.73. The first kappa shape index (κ1) is 16.3. The molecule has 0 radical (unpaired) electrons. The van der Waals surface area contributed by atoms with E-state index >= 15 is 0 Å². The number of carbonyl (C=O) groups is 2. The lowest BCUT2D eigenvalue weighted by molar-refractivity contribution is -0.141. The van der Waals surface area contributed by atoms with Crippen LogP contribution in [-0.4, -0.2) is 30.1 Å². The molecule has 2 N–H and O–H groups in total. The number of carboxylic acid groups (broad SMARTS) is 1. The molecule has 0 aliphatic heterocycles. The van der Waals surface area contributed by atoms with Gasteiger partial charge in [-0.3, -0.25) is 9.59 Å². The number of rotatable bonds is 8. The van der Waals surface area contributed by atoms with Crippen LogP contribution < -0.4 is 10.1 Å². The van der Waals surface area contributed by atoms with E-state index < -0.39 is 11.9 Å². The summed E-state index contributed by atoms with van der Waals surface area (Å²) >= 11 is 0. The smallest absolute Gasteiger partial charge is 0.308 e. The van der Waals surface area contributed by atoms with Gasteiger partial charge in [0.1, 0.15) is 5.75 Å². The average molecular weight is 305 g/mol. The van der Waals surface area contributed by atoms with Crippen LogP contribution in [0.25, 0.3) is 0 Å². The molecular weight excluding hydrogens is 282 g/mol. The van der Waals surface area contributed by atoms with Crippen LogP contribution in [0, 0.1) is 17.8 Å². The summed E-state index contributed by atoms with van der Waals surface area (Å²) in [7, 11) is 0. The van der Waals surface area contributed by atoms with Crippen LogP contribution in [0.3, 0.4) is 0 Å². The van der Waals surface area contributed by atoms with Crippen LogP contribution >= 0.6 is 0 Å². The second-order valence-corrected chi connectivity index (χ2v) is 5.88. The third-order valence-electron chi connectivity index (χ3n) is 4.03. The van der Waals surface area contributed by atoms with E-state index in [2.05, 4.69) is 5.32 Å². The zero-order valence-corrected chi connectivity index (χ0v) is 13.0. The topological polar surface area (TPSA) is 75.6 Å². The van der Waals surface area contributed by atoms with Gasteiger partial charge in [0.25, 0.3) is 0 Å². The number of hydrogen-bond donors (Lipinski definition) is 2. The summed E-state index contributed by atoms with van der Waals surface area (Å²) in [6.45, 7) is 4.71. The van der Waals surface area contributed by atoms with E-state index in [0.717, 1.165) is 17.7 Å². The molecule has 5 nitrogen and oxygen atoms in total. The Kier molecular flexibility index (Phi) is 5.41. The van der Waals surface area contributed by atoms with Gasteiger partial charge in [0.15, 0.2) is 0 Å². The van der Waals surface area contributed by atoms with E-state index in [1.807, 2.05) is 38.1 Å². The summed E-state index contributed by atoms with van der Waals surface area (Å²) in [6.07, 6.45) is 1.30. The number of hydrogen-bond acceptors (Lipinski definition) is 3. The van der Waals surface area contributed by atoms with E-state index in [9.17, 15) is 14.7 Å². The molecule has 1 aromatic rings. The fourth-order valence-electron chi connectivity index (χ4n) is 2.46. The Morgan fingerprint density at radius 2 is 2.00 bits per heavy atom. The largest absolute Gasteiger partial charge is 0.494 e. The highest BCUT2D eigenvalue weighted by atomic mass is 16.5. The van der Waals surface area contributed by atoms with Crippen LogP contribution in [0.4, 0.5) is 0 Å². The van der Waals surface area contributed by atoms with Crippen molar-refractivity contribution in [2.24, 2.45) is 17.8 Å². The lowest BCUT2D eigenvalue weighted by Crippen LogP contribution is -2.35. The van der Waals surface area contributed by atoms with Crippen LogP contribution in [0.1, 0.15) is 25.8 Å². The van der Waals surface area contributed by atoms with Gasteiger partial charge in [-0.1, -0.05) is 19.1 Å². The maximum atomic E-state index is 11.8. The molecule has 1 saturated carbocycles. The van der Waals surface area contributed by atoms with E-state index in [0.29, 0.717) is 18.9 Å². The first-order valence-corrected chi connectivity index (χ1v) is 7.73. The summed E-state index contributed by atoms with van der Waals surface area (Å²) in [5, 5.41) is 12.1. The van der Waals surface area contributed by atoms with Crippen molar-refractivity contribution < 1.29 is 19.4 Å². The molecule has 1 aliphatic carbocycles. The Hall–Kier alpha value is -2.04. The Morgan fingerprint density at radius 1 is 1.36 bits per heavy atom. The minimum atomic E-state index is -0.891. The fraction of sp³-hybridized carbons (Fsp3) is 0.529. The van der Waals surface area contributed by atoms with Crippen molar-refractivity contribution in [1.82, 2.24) is 5.32 Å². The van der Waals surface area contributed by atoms with Gasteiger partial charge in [-0.25, -0.2) is 0 Å². The van der Waals surface area contributed by atoms with E-state index in [4.69, 9.17) is 4.74 Å². The first-order chi connectivity index (χ1) is 10.5. The van der Waals surface area contributed by atoms with Crippen molar-refractivity contribution in [3.63, 3.8) is 0 Å². The molecule has 22 heavy (non-hydrogen) atoms. The van der Waals surface area contributed by atoms with Gasteiger partial charge in [-0.05, 0) is 43.4 Å². The molecule has 0 spiro atoms. The van der Waals surface area contributed by atoms with Gasteiger partial charge in [0.05, 0.1) is 12.5 Å². The molecule has 1 amide bonds. The maximum absolute atomic E-state index is 11.8. The highest BCUT2D eigenvalue weighted by molar-refractivity contribution is 5.82. The van der Waals surface area contributed by atoms with E-state index in [1.165, 1.54) is 0 Å². The molecule has 0 bridgehead atoms. The number of ether oxygens (including phenoxy) is 1. The van der Waals surface area contributed by atoms with Crippen LogP contribution in [0.2, 0.25) is 0 Å². The molecule has 0 aromatic heterocycles. The molecule has 1 fully saturated rings. The Labute approximate surface area is 130 Å². The van der Waals surface area contributed by atoms with Crippen molar-refractivity contribution in [1.29, 1.82) is 0 Å². The summed E-state index contributed by atoms with van der Waals surface area (Å²) in [4.78, 5) is 23.2. The molecular formula is C17H23NO4. The highest BCUT2D eigenvalue weighted by Crippen LogP contribution is 2.37. The summed E-state index contributed by atoms with van der Waals surface area (Å²) in [5.74, 6) is -0.261. The number of aliphatic carboxylic acids is 1. The van der Waals surface area contributed by atoms with Crippen LogP contribution in [-0.2, 0) is 16.0 Å². The maximum Gasteiger partial charge on any atom is 0.308 e. The second kappa shape index (κ2) is 7.29. The molecule has 0 heterocycles. The Morgan fingerprint density at radius 3 is 2.50 bits per heavy atom. The minimum Gasteiger partial charge on any atom is -0.494 e. The molecule has 2 rings (SSSR count). The zero-order valence-electron chi connectivity index (χ0n) is 13.0. The lowest BCUT2D eigenvalue weighted by atomic mass is 9.99. The monoisotopic (exact) mass is 305 g/mol. The van der Waals surface area contributed by atoms with Gasteiger partial charge in [-0.15, -0.1) is 0 Å². The Bertz CT molecular complexity index is 526. The molecule has 5 heteroatoms. The van der Waals surface area contributed by atoms with Crippen LogP contribution in [0.15, 0.2) is 24.3 Å². The minimum absolute atomic E-state index is 0.0227. The number of nitrogens with one attached hydrogen (secondary N) is 1. The summed E-state index contributed by atoms with van der Waals surface area (Å²) in [6, 6.07) is 7.40. The van der Waals surface area contributed by atoms with Gasteiger partial charge in [0, 0.05) is 12.5 Å². The average Bonchev–Trinajstić information content (AvgIpc) is 3.22. The zero-order chi connectivity index (χ0) is 16.1. The highest BCUT2D eigenvalue weighted by Gasteiger charge is 2.39. The predicted molar refractivity (Wildman–Crippen MR) is 82.7 cm³/mol. The summed E-state index contributed by atoms with van der Waals surface area (Å²) in [5.41, 5.74) is 0.921. The fourth-order valence-corrected chi connectivity index (χ4v) is 2.46. The molecule has 1 aliphatic rings. The molecule has 1 aromatic carbocycles. The predicted octanol–water partition coefficient (Wildman–Crippen LogP) is 2.10. The molecule has 0 saturated heterocycles. The van der Waals surface area contributed by atoms with Crippen molar-refractivity contribution in [2.45, 2.75) is 26.7 Å². The van der Waals surface area contributed by atoms with Crippen molar-refractivity contribution in [3.8, 4) is 5.75 Å². The van der Waals surface area contributed by atoms with Gasteiger partial charge in [-0.2, -0.15) is 0 Å². The molecule has 3 atom stereocenters. The standard InChI is InChI=1S/C17H23NO4/c1-3-22-14-6-4-12(5-7-14)9-13(17(20)21)10-18-16(19)15-8-11(15)2/h4-7,11,13,15H,3,8-10H2,1-2H3,(H,18,19)(H,20,21)/t11-,13-,15+/m1/s1. The number of carbonyl (C=O) groups excluding carboxylic acids is 1. The van der Waals surface area contributed by atoms with Crippen molar-refractivity contribution >= 4 is 11.9 Å². The molecule has 0 unspecified atom stereocenters. The quantitative estimate of drug-likeness (QED) is 0.771. The number of benzene rings is 1. The SMILES string of the molecule is CCOc1ccc(C[C@H](CNC(=O)[C@H]2C[C@H]2C)C(=O)O)cc1. The lowest BCUT2D eigenvalue weighted by Gasteiger charge is -2.14. The number of amides is 1. The third-order valence-corrected chi connectivity index (χ3v) is 4.03. The normalized spacial score (nSPS) is 21.0. The van der Waals surface area contributed by atoms with Gasteiger partial charge in [0.2, 0.25) is 5.91 Å². The van der Waals surface area contributed by atoms with E-state index in [1.54, 1.807) is 0 Å². The third kappa shape index (κ3) is 4.48. The second-order valence-electron chi connectivity index (χ2n) is 5.88.